The van der Waals surface area contributed by atoms with Crippen molar-refractivity contribution in [3.8, 4) is 11.8 Å². The van der Waals surface area contributed by atoms with Crippen LogP contribution in [0.4, 0.5) is 5.69 Å². The van der Waals surface area contributed by atoms with Crippen LogP contribution >= 0.6 is 0 Å². The molecule has 0 aliphatic heterocycles. The fourth-order valence-electron chi connectivity index (χ4n) is 2.31. The van der Waals surface area contributed by atoms with E-state index in [-0.39, 0.29) is 5.54 Å². The number of ether oxygens (including phenoxy) is 1. The van der Waals surface area contributed by atoms with E-state index in [0.717, 1.165) is 17.9 Å². The van der Waals surface area contributed by atoms with Gasteiger partial charge in [-0.15, -0.1) is 0 Å². The van der Waals surface area contributed by atoms with Gasteiger partial charge in [0.15, 0.2) is 0 Å². The Hall–Kier alpha value is -1.69. The summed E-state index contributed by atoms with van der Waals surface area (Å²) in [5, 5.41) is 12.6. The third-order valence-corrected chi connectivity index (χ3v) is 3.73. The normalized spacial score (nSPS) is 16.8. The van der Waals surface area contributed by atoms with Crippen LogP contribution in [0, 0.1) is 11.3 Å². The number of rotatable bonds is 4. The smallest absolute Gasteiger partial charge is 0.121 e. The number of hydrogen-bond acceptors (Lipinski definition) is 3. The largest absolute Gasteiger partial charge is 0.497 e. The molecule has 0 radical (unpaired) electrons. The van der Waals surface area contributed by atoms with Gasteiger partial charge in [-0.05, 0) is 37.8 Å². The molecule has 17 heavy (non-hydrogen) atoms. The Kier molecular flexibility index (Phi) is 3.23. The number of nitrogens with one attached hydrogen (secondary N) is 1. The van der Waals surface area contributed by atoms with Gasteiger partial charge in [-0.1, -0.05) is 6.92 Å². The van der Waals surface area contributed by atoms with Crippen LogP contribution in [0.15, 0.2) is 18.2 Å². The van der Waals surface area contributed by atoms with E-state index in [1.807, 2.05) is 18.2 Å². The minimum Gasteiger partial charge on any atom is -0.497 e. The maximum atomic E-state index is 9.11. The summed E-state index contributed by atoms with van der Waals surface area (Å²) >= 11 is 0. The Labute approximate surface area is 102 Å². The van der Waals surface area contributed by atoms with Crippen LogP contribution in [0.2, 0.25) is 0 Å². The fraction of sp³-hybridized carbons (Fsp3) is 0.500. The first-order valence-electron chi connectivity index (χ1n) is 6.09. The molecule has 1 aromatic carbocycles. The molecule has 0 atom stereocenters. The summed E-state index contributed by atoms with van der Waals surface area (Å²) in [6.07, 6.45) is 4.74. The molecule has 0 saturated heterocycles. The van der Waals surface area contributed by atoms with Gasteiger partial charge < -0.3 is 10.1 Å². The molecular weight excluding hydrogens is 212 g/mol. The van der Waals surface area contributed by atoms with Gasteiger partial charge in [-0.2, -0.15) is 5.26 Å². The van der Waals surface area contributed by atoms with Crippen LogP contribution < -0.4 is 10.1 Å². The minimum atomic E-state index is 0.192. The lowest BCUT2D eigenvalue weighted by Crippen LogP contribution is -2.44. The average Bonchev–Trinajstić information content (AvgIpc) is 2.33. The topological polar surface area (TPSA) is 45.0 Å². The van der Waals surface area contributed by atoms with Crippen molar-refractivity contribution < 1.29 is 4.74 Å². The summed E-state index contributed by atoms with van der Waals surface area (Å²) in [5.41, 5.74) is 1.77. The average molecular weight is 230 g/mol. The first kappa shape index (κ1) is 11.8. The zero-order chi connectivity index (χ0) is 12.3. The highest BCUT2D eigenvalue weighted by Gasteiger charge is 2.35. The first-order chi connectivity index (χ1) is 8.23. The molecular formula is C14H18N2O. The van der Waals surface area contributed by atoms with Gasteiger partial charge >= 0.3 is 0 Å². The third kappa shape index (κ3) is 2.21. The molecule has 1 N–H and O–H groups in total. The predicted octanol–water partition coefficient (Wildman–Crippen LogP) is 3.31. The monoisotopic (exact) mass is 230 g/mol. The van der Waals surface area contributed by atoms with Crippen LogP contribution in [0.25, 0.3) is 0 Å². The molecule has 1 aliphatic rings. The fourth-order valence-corrected chi connectivity index (χ4v) is 2.31. The van der Waals surface area contributed by atoms with E-state index < -0.39 is 0 Å². The van der Waals surface area contributed by atoms with Crippen LogP contribution in [0.5, 0.6) is 5.75 Å². The lowest BCUT2D eigenvalue weighted by Gasteiger charge is -2.43. The highest BCUT2D eigenvalue weighted by Crippen LogP contribution is 2.39. The van der Waals surface area contributed by atoms with Crippen LogP contribution in [0.3, 0.4) is 0 Å². The third-order valence-electron chi connectivity index (χ3n) is 3.73. The zero-order valence-corrected chi connectivity index (χ0v) is 10.4. The molecule has 0 amide bonds. The van der Waals surface area contributed by atoms with Crippen molar-refractivity contribution in [1.82, 2.24) is 0 Å². The van der Waals surface area contributed by atoms with Gasteiger partial charge in [0.1, 0.15) is 11.8 Å². The predicted molar refractivity (Wildman–Crippen MR) is 68.2 cm³/mol. The molecule has 0 unspecified atom stereocenters. The summed E-state index contributed by atoms with van der Waals surface area (Å²) in [7, 11) is 1.64. The number of anilines is 1. The lowest BCUT2D eigenvalue weighted by molar-refractivity contribution is 0.269. The van der Waals surface area contributed by atoms with E-state index in [9.17, 15) is 0 Å². The lowest BCUT2D eigenvalue weighted by atomic mass is 9.74. The van der Waals surface area contributed by atoms with Crippen molar-refractivity contribution in [2.75, 3.05) is 12.4 Å². The van der Waals surface area contributed by atoms with Gasteiger partial charge in [0, 0.05) is 11.6 Å². The molecule has 0 spiro atoms. The number of nitriles is 1. The van der Waals surface area contributed by atoms with Crippen molar-refractivity contribution in [3.63, 3.8) is 0 Å². The summed E-state index contributed by atoms with van der Waals surface area (Å²) in [6.45, 7) is 2.19. The van der Waals surface area contributed by atoms with Crippen molar-refractivity contribution in [1.29, 1.82) is 5.26 Å². The summed E-state index contributed by atoms with van der Waals surface area (Å²) < 4.78 is 5.20. The Balaban J connectivity index is 2.27. The second-order valence-electron chi connectivity index (χ2n) is 4.64. The first-order valence-corrected chi connectivity index (χ1v) is 6.09. The highest BCUT2D eigenvalue weighted by molar-refractivity contribution is 5.61. The Morgan fingerprint density at radius 1 is 1.47 bits per heavy atom. The molecule has 0 heterocycles. The molecule has 90 valence electrons. The second kappa shape index (κ2) is 4.67. The van der Waals surface area contributed by atoms with E-state index in [1.165, 1.54) is 19.3 Å². The maximum Gasteiger partial charge on any atom is 0.121 e. The number of nitrogens with zero attached hydrogens (tertiary/aromatic N) is 1. The van der Waals surface area contributed by atoms with Gasteiger partial charge in [0.2, 0.25) is 0 Å². The molecule has 0 bridgehead atoms. The summed E-state index contributed by atoms with van der Waals surface area (Å²) in [5.74, 6) is 0.789. The van der Waals surface area contributed by atoms with Crippen LogP contribution in [-0.4, -0.2) is 12.6 Å². The highest BCUT2D eigenvalue weighted by atomic mass is 16.5. The van der Waals surface area contributed by atoms with E-state index in [4.69, 9.17) is 10.00 Å². The molecule has 1 saturated carbocycles. The zero-order valence-electron chi connectivity index (χ0n) is 10.4. The quantitative estimate of drug-likeness (QED) is 0.863. The maximum absolute atomic E-state index is 9.11. The summed E-state index contributed by atoms with van der Waals surface area (Å²) in [4.78, 5) is 0. The van der Waals surface area contributed by atoms with E-state index in [1.54, 1.807) is 7.11 Å². The second-order valence-corrected chi connectivity index (χ2v) is 4.64. The standard InChI is InChI=1S/C14H18N2O/c1-3-14(7-4-8-14)16-13-9-12(17-2)6-5-11(13)10-15/h5-6,9,16H,3-4,7-8H2,1-2H3. The minimum absolute atomic E-state index is 0.192. The molecule has 3 nitrogen and oxygen atoms in total. The SMILES string of the molecule is CCC1(Nc2cc(OC)ccc2C#N)CCC1. The van der Waals surface area contributed by atoms with E-state index in [2.05, 4.69) is 18.3 Å². The molecule has 0 aromatic heterocycles. The van der Waals surface area contributed by atoms with Gasteiger partial charge in [-0.25, -0.2) is 0 Å². The molecule has 3 heteroatoms. The van der Waals surface area contributed by atoms with Gasteiger partial charge in [0.05, 0.1) is 18.4 Å². The Bertz CT molecular complexity index is 439. The number of methoxy groups -OCH3 is 1. The number of benzene rings is 1. The molecule has 2 rings (SSSR count). The van der Waals surface area contributed by atoms with Crippen molar-refractivity contribution >= 4 is 5.69 Å². The number of hydrogen-bond donors (Lipinski definition) is 1. The Morgan fingerprint density at radius 3 is 2.71 bits per heavy atom. The molecule has 1 aromatic rings. The Morgan fingerprint density at radius 2 is 2.24 bits per heavy atom. The van der Waals surface area contributed by atoms with Crippen molar-refractivity contribution in [3.05, 3.63) is 23.8 Å². The van der Waals surface area contributed by atoms with Crippen LogP contribution in [-0.2, 0) is 0 Å². The van der Waals surface area contributed by atoms with Crippen molar-refractivity contribution in [2.45, 2.75) is 38.1 Å². The van der Waals surface area contributed by atoms with Gasteiger partial charge in [0.25, 0.3) is 0 Å². The van der Waals surface area contributed by atoms with Gasteiger partial charge in [-0.3, -0.25) is 0 Å². The summed E-state index contributed by atoms with van der Waals surface area (Å²) in [6, 6.07) is 7.77. The molecule has 1 fully saturated rings. The van der Waals surface area contributed by atoms with Crippen LogP contribution in [0.1, 0.15) is 38.2 Å². The van der Waals surface area contributed by atoms with E-state index in [0.29, 0.717) is 5.56 Å². The van der Waals surface area contributed by atoms with E-state index >= 15 is 0 Å². The molecule has 1 aliphatic carbocycles. The van der Waals surface area contributed by atoms with Crippen molar-refractivity contribution in [2.24, 2.45) is 0 Å².